The van der Waals surface area contributed by atoms with Gasteiger partial charge in [-0.3, -0.25) is 9.59 Å². The first-order chi connectivity index (χ1) is 12.0. The fourth-order valence-corrected chi connectivity index (χ4v) is 2.28. The van der Waals surface area contributed by atoms with Crippen molar-refractivity contribution in [3.63, 3.8) is 0 Å². The number of carbonyl (C=O) groups excluding carboxylic acids is 2. The second-order valence-electron chi connectivity index (χ2n) is 5.75. The van der Waals surface area contributed by atoms with Gasteiger partial charge in [-0.15, -0.1) is 0 Å². The summed E-state index contributed by atoms with van der Waals surface area (Å²) in [6, 6.07) is 9.18. The van der Waals surface area contributed by atoms with E-state index in [0.29, 0.717) is 23.7 Å². The first-order valence-electron chi connectivity index (χ1n) is 7.83. The standard InChI is InChI=1S/C18H18N2O5/c1-11(2)7-8-23-14-9-15(19-13-6-4-3-5-12(13)14)20-18-24-16(21)10-17(22)25-18/h3-7,9,18H,8,10H2,1-2H3,(H,19,20). The number of rotatable bonds is 5. The number of para-hydroxylation sites is 1. The third kappa shape index (κ3) is 4.26. The normalized spacial score (nSPS) is 14.6. The smallest absolute Gasteiger partial charge is 0.330 e. The monoisotopic (exact) mass is 342 g/mol. The highest BCUT2D eigenvalue weighted by molar-refractivity contribution is 5.93. The van der Waals surface area contributed by atoms with Crippen LogP contribution in [-0.2, 0) is 19.1 Å². The van der Waals surface area contributed by atoms with Crippen molar-refractivity contribution in [3.05, 3.63) is 42.0 Å². The van der Waals surface area contributed by atoms with E-state index in [1.54, 1.807) is 6.07 Å². The molecule has 25 heavy (non-hydrogen) atoms. The number of cyclic esters (lactones) is 2. The molecule has 1 aromatic heterocycles. The average molecular weight is 342 g/mol. The quantitative estimate of drug-likeness (QED) is 0.508. The molecule has 7 nitrogen and oxygen atoms in total. The lowest BCUT2D eigenvalue weighted by Gasteiger charge is -2.23. The lowest BCUT2D eigenvalue weighted by Crippen LogP contribution is -2.37. The molecule has 7 heteroatoms. The highest BCUT2D eigenvalue weighted by Crippen LogP contribution is 2.28. The van der Waals surface area contributed by atoms with Crippen LogP contribution in [0.1, 0.15) is 20.3 Å². The zero-order valence-corrected chi connectivity index (χ0v) is 13.9. The summed E-state index contributed by atoms with van der Waals surface area (Å²) < 4.78 is 15.7. The molecule has 0 radical (unpaired) electrons. The Kier molecular flexibility index (Phi) is 4.83. The van der Waals surface area contributed by atoms with Gasteiger partial charge in [-0.25, -0.2) is 4.98 Å². The SMILES string of the molecule is CC(C)=CCOc1cc(NC2OC(=O)CC(=O)O2)nc2ccccc12. The van der Waals surface area contributed by atoms with E-state index in [-0.39, 0.29) is 6.42 Å². The Morgan fingerprint density at radius 1 is 1.28 bits per heavy atom. The van der Waals surface area contributed by atoms with E-state index in [2.05, 4.69) is 10.3 Å². The molecule has 0 saturated carbocycles. The number of nitrogens with zero attached hydrogens (tertiary/aromatic N) is 1. The second-order valence-corrected chi connectivity index (χ2v) is 5.75. The van der Waals surface area contributed by atoms with Crippen LogP contribution in [0.5, 0.6) is 5.75 Å². The average Bonchev–Trinajstić information content (AvgIpc) is 2.53. The van der Waals surface area contributed by atoms with Crippen LogP contribution in [0.25, 0.3) is 10.9 Å². The Balaban J connectivity index is 1.86. The molecule has 0 spiro atoms. The molecular formula is C18H18N2O5. The molecule has 2 heterocycles. The van der Waals surface area contributed by atoms with E-state index in [4.69, 9.17) is 14.2 Å². The summed E-state index contributed by atoms with van der Waals surface area (Å²) >= 11 is 0. The number of allylic oxidation sites excluding steroid dienone is 1. The summed E-state index contributed by atoms with van der Waals surface area (Å²) in [4.78, 5) is 27.1. The van der Waals surface area contributed by atoms with Crippen LogP contribution >= 0.6 is 0 Å². The second kappa shape index (κ2) is 7.21. The zero-order valence-electron chi connectivity index (χ0n) is 13.9. The molecule has 0 atom stereocenters. The highest BCUT2D eigenvalue weighted by Gasteiger charge is 2.28. The number of hydrogen-bond acceptors (Lipinski definition) is 7. The summed E-state index contributed by atoms with van der Waals surface area (Å²) in [6.07, 6.45) is 0.376. The van der Waals surface area contributed by atoms with E-state index in [9.17, 15) is 9.59 Å². The predicted octanol–water partition coefficient (Wildman–Crippen LogP) is 2.77. The van der Waals surface area contributed by atoms with Crippen molar-refractivity contribution >= 4 is 28.7 Å². The minimum atomic E-state index is -1.20. The Hall–Kier alpha value is -3.09. The van der Waals surface area contributed by atoms with Crippen LogP contribution in [0.4, 0.5) is 5.82 Å². The van der Waals surface area contributed by atoms with Crippen molar-refractivity contribution in [1.29, 1.82) is 0 Å². The molecule has 130 valence electrons. The number of benzene rings is 1. The third-order valence-corrected chi connectivity index (χ3v) is 3.44. The first-order valence-corrected chi connectivity index (χ1v) is 7.83. The van der Waals surface area contributed by atoms with Crippen molar-refractivity contribution in [3.8, 4) is 5.75 Å². The summed E-state index contributed by atoms with van der Waals surface area (Å²) in [5.41, 5.74) is 1.85. The van der Waals surface area contributed by atoms with Gasteiger partial charge in [0.05, 0.1) is 5.52 Å². The number of pyridine rings is 1. The van der Waals surface area contributed by atoms with Gasteiger partial charge in [0.25, 0.3) is 0 Å². The van der Waals surface area contributed by atoms with Gasteiger partial charge in [0.2, 0.25) is 0 Å². The van der Waals surface area contributed by atoms with E-state index in [1.165, 1.54) is 0 Å². The van der Waals surface area contributed by atoms with Crippen LogP contribution in [0, 0.1) is 0 Å². The van der Waals surface area contributed by atoms with Crippen molar-refractivity contribution in [1.82, 2.24) is 4.98 Å². The number of ether oxygens (including phenoxy) is 3. The summed E-state index contributed by atoms with van der Waals surface area (Å²) in [5, 5.41) is 3.64. The molecule has 2 aromatic rings. The molecule has 1 fully saturated rings. The van der Waals surface area contributed by atoms with Gasteiger partial charge in [-0.1, -0.05) is 17.7 Å². The number of fused-ring (bicyclic) bond motifs is 1. The van der Waals surface area contributed by atoms with Gasteiger partial charge in [-0.2, -0.15) is 0 Å². The molecule has 1 aliphatic rings. The fraction of sp³-hybridized carbons (Fsp3) is 0.278. The Labute approximate surface area is 144 Å². The van der Waals surface area contributed by atoms with E-state index in [1.807, 2.05) is 44.2 Å². The summed E-state index contributed by atoms with van der Waals surface area (Å²) in [7, 11) is 0. The highest BCUT2D eigenvalue weighted by atomic mass is 16.7. The number of aromatic nitrogens is 1. The van der Waals surface area contributed by atoms with Gasteiger partial charge < -0.3 is 19.5 Å². The topological polar surface area (TPSA) is 86.8 Å². The lowest BCUT2D eigenvalue weighted by atomic mass is 10.2. The Morgan fingerprint density at radius 2 is 2.00 bits per heavy atom. The number of esters is 2. The number of hydrogen-bond donors (Lipinski definition) is 1. The van der Waals surface area contributed by atoms with Crippen molar-refractivity contribution in [2.75, 3.05) is 11.9 Å². The number of nitrogens with one attached hydrogen (secondary N) is 1. The first kappa shape index (κ1) is 16.8. The zero-order chi connectivity index (χ0) is 17.8. The molecule has 1 aliphatic heterocycles. The Morgan fingerprint density at radius 3 is 2.72 bits per heavy atom. The van der Waals surface area contributed by atoms with Gasteiger partial charge in [-0.05, 0) is 32.1 Å². The maximum atomic E-state index is 11.3. The summed E-state index contributed by atoms with van der Waals surface area (Å²) in [5.74, 6) is -0.290. The van der Waals surface area contributed by atoms with Gasteiger partial charge >= 0.3 is 18.4 Å². The van der Waals surface area contributed by atoms with E-state index >= 15 is 0 Å². The molecule has 0 bridgehead atoms. The molecular weight excluding hydrogens is 324 g/mol. The van der Waals surface area contributed by atoms with Gasteiger partial charge in [0.1, 0.15) is 24.6 Å². The third-order valence-electron chi connectivity index (χ3n) is 3.44. The van der Waals surface area contributed by atoms with Crippen LogP contribution in [0.2, 0.25) is 0 Å². The molecule has 0 unspecified atom stereocenters. The van der Waals surface area contributed by atoms with Crippen LogP contribution < -0.4 is 10.1 Å². The van der Waals surface area contributed by atoms with Crippen LogP contribution in [0.15, 0.2) is 42.0 Å². The molecule has 0 amide bonds. The Bertz CT molecular complexity index is 826. The molecule has 0 aliphatic carbocycles. The van der Waals surface area contributed by atoms with E-state index in [0.717, 1.165) is 11.0 Å². The minimum Gasteiger partial charge on any atom is -0.489 e. The predicted molar refractivity (Wildman–Crippen MR) is 90.9 cm³/mol. The molecule has 1 aromatic carbocycles. The molecule has 1 N–H and O–H groups in total. The largest absolute Gasteiger partial charge is 0.489 e. The fourth-order valence-electron chi connectivity index (χ4n) is 2.28. The molecule has 1 saturated heterocycles. The maximum Gasteiger partial charge on any atom is 0.330 e. The summed E-state index contributed by atoms with van der Waals surface area (Å²) in [6.45, 7) is 4.41. The van der Waals surface area contributed by atoms with Gasteiger partial charge in [0, 0.05) is 11.5 Å². The maximum absolute atomic E-state index is 11.3. The van der Waals surface area contributed by atoms with Crippen molar-refractivity contribution < 1.29 is 23.8 Å². The van der Waals surface area contributed by atoms with Crippen LogP contribution in [0.3, 0.4) is 0 Å². The number of carbonyl (C=O) groups is 2. The number of anilines is 1. The van der Waals surface area contributed by atoms with Crippen molar-refractivity contribution in [2.45, 2.75) is 26.7 Å². The van der Waals surface area contributed by atoms with Gasteiger partial charge in [0.15, 0.2) is 0 Å². The van der Waals surface area contributed by atoms with Crippen LogP contribution in [-0.4, -0.2) is 29.9 Å². The lowest BCUT2D eigenvalue weighted by molar-refractivity contribution is -0.197. The molecule has 3 rings (SSSR count). The van der Waals surface area contributed by atoms with Crippen molar-refractivity contribution in [2.24, 2.45) is 0 Å². The minimum absolute atomic E-state index is 0.374. The van der Waals surface area contributed by atoms with E-state index < -0.39 is 18.4 Å².